The van der Waals surface area contributed by atoms with Gasteiger partial charge in [0.25, 0.3) is 11.8 Å². The number of nitrogens with zero attached hydrogens (tertiary/aromatic N) is 2. The summed E-state index contributed by atoms with van der Waals surface area (Å²) >= 11 is 0. The Morgan fingerprint density at radius 3 is 2.33 bits per heavy atom. The van der Waals surface area contributed by atoms with Gasteiger partial charge in [-0.25, -0.2) is 4.79 Å². The van der Waals surface area contributed by atoms with Gasteiger partial charge < -0.3 is 50.0 Å². The molecule has 15 heteroatoms. The van der Waals surface area contributed by atoms with Gasteiger partial charge in [0.1, 0.15) is 17.2 Å². The number of hydrogen-bond acceptors (Lipinski definition) is 12. The predicted molar refractivity (Wildman–Crippen MR) is 251 cm³/mol. The number of benzene rings is 5. The lowest BCUT2D eigenvalue weighted by Crippen LogP contribution is -2.61. The predicted octanol–water partition coefficient (Wildman–Crippen LogP) is 4.78. The van der Waals surface area contributed by atoms with Crippen LogP contribution in [0, 0.1) is 5.92 Å². The van der Waals surface area contributed by atoms with Gasteiger partial charge in [0.15, 0.2) is 6.61 Å². The van der Waals surface area contributed by atoms with Gasteiger partial charge in [-0.2, -0.15) is 0 Å². The van der Waals surface area contributed by atoms with Crippen molar-refractivity contribution in [2.24, 2.45) is 5.92 Å². The first-order chi connectivity index (χ1) is 32.5. The zero-order chi connectivity index (χ0) is 46.9. The Morgan fingerprint density at radius 1 is 0.851 bits per heavy atom. The van der Waals surface area contributed by atoms with E-state index in [9.17, 15) is 34.5 Å². The Bertz CT molecular complexity index is 2740. The van der Waals surface area contributed by atoms with E-state index < -0.39 is 23.6 Å². The van der Waals surface area contributed by atoms with E-state index in [0.717, 1.165) is 38.0 Å². The molecule has 0 aliphatic carbocycles. The van der Waals surface area contributed by atoms with Gasteiger partial charge in [-0.1, -0.05) is 84.9 Å². The van der Waals surface area contributed by atoms with Crippen LogP contribution in [0.2, 0.25) is 0 Å². The van der Waals surface area contributed by atoms with Crippen molar-refractivity contribution in [1.29, 1.82) is 0 Å². The molecule has 8 rings (SSSR count). The quantitative estimate of drug-likeness (QED) is 0.0646. The van der Waals surface area contributed by atoms with Crippen LogP contribution in [-0.4, -0.2) is 107 Å². The van der Waals surface area contributed by atoms with E-state index in [0.29, 0.717) is 34.4 Å². The normalized spacial score (nSPS) is 15.8. The van der Waals surface area contributed by atoms with E-state index in [1.54, 1.807) is 83.8 Å². The van der Waals surface area contributed by atoms with Gasteiger partial charge in [-0.3, -0.25) is 19.3 Å². The molecule has 67 heavy (non-hydrogen) atoms. The van der Waals surface area contributed by atoms with Crippen LogP contribution in [0.1, 0.15) is 57.1 Å². The number of amides is 2. The zero-order valence-corrected chi connectivity index (χ0v) is 37.2. The molecule has 0 bridgehead atoms. The largest absolute Gasteiger partial charge is 0.506 e. The summed E-state index contributed by atoms with van der Waals surface area (Å²) in [6.45, 7) is 3.60. The van der Waals surface area contributed by atoms with Gasteiger partial charge >= 0.3 is 5.97 Å². The van der Waals surface area contributed by atoms with E-state index >= 15 is 0 Å². The van der Waals surface area contributed by atoms with E-state index in [1.165, 1.54) is 30.9 Å². The minimum absolute atomic E-state index is 0.0878. The average Bonchev–Trinajstić information content (AvgIpc) is 3.34. The molecular formula is C52H55N5O10. The maximum Gasteiger partial charge on any atom is 0.347 e. The molecular weight excluding hydrogens is 855 g/mol. The maximum atomic E-state index is 13.9. The van der Waals surface area contributed by atoms with Crippen LogP contribution in [-0.2, 0) is 33.0 Å². The summed E-state index contributed by atoms with van der Waals surface area (Å²) in [7, 11) is 1.48. The third-order valence-electron chi connectivity index (χ3n) is 12.5. The summed E-state index contributed by atoms with van der Waals surface area (Å²) in [5.74, 6) is -0.708. The average molecular weight is 910 g/mol. The maximum absolute atomic E-state index is 13.9. The Hall–Kier alpha value is -7.04. The molecule has 0 spiro atoms. The first-order valence-electron chi connectivity index (χ1n) is 22.4. The number of aromatic hydroxyl groups is 1. The number of phenolic OH excluding ortho intramolecular Hbond substituents is 1. The molecule has 1 aromatic heterocycles. The molecule has 2 saturated heterocycles. The molecule has 0 radical (unpaired) electrons. The number of methoxy groups -OCH3 is 1. The summed E-state index contributed by atoms with van der Waals surface area (Å²) in [6.07, 6.45) is 0.807. The zero-order valence-electron chi connectivity index (χ0n) is 37.2. The fourth-order valence-corrected chi connectivity index (χ4v) is 8.70. The number of rotatable bonds is 18. The summed E-state index contributed by atoms with van der Waals surface area (Å²) < 4.78 is 17.3. The molecule has 3 heterocycles. The minimum Gasteiger partial charge on any atom is -0.506 e. The monoisotopic (exact) mass is 909 g/mol. The van der Waals surface area contributed by atoms with Gasteiger partial charge in [-0.05, 0) is 90.5 Å². The lowest BCUT2D eigenvalue weighted by atomic mass is 9.86. The number of carbonyl (C=O) groups is 3. The van der Waals surface area contributed by atoms with Gasteiger partial charge in [0.2, 0.25) is 11.2 Å². The molecule has 5 aromatic carbocycles. The molecule has 15 nitrogen and oxygen atoms in total. The SMILES string of the molecule is COc1cc(CNC[C@H](O)c2ccc(O)c3[nH]c(=O)ccc23)ccc1C(=O)N1CC(NC(=O)COc2cccc([C@](O)(C(=O)OCC3CCN(Cc4ccccc4)CC3)c3ccccc3)c2)C1. The fraction of sp³-hybridized carbons (Fsp3) is 0.308. The van der Waals surface area contributed by atoms with Gasteiger partial charge in [0.05, 0.1) is 36.9 Å². The first kappa shape index (κ1) is 46.5. The highest BCUT2D eigenvalue weighted by Gasteiger charge is 2.42. The molecule has 6 N–H and O–H groups in total. The van der Waals surface area contributed by atoms with Crippen LogP contribution in [0.5, 0.6) is 17.2 Å². The molecule has 2 fully saturated rings. The van der Waals surface area contributed by atoms with Crippen LogP contribution in [0.3, 0.4) is 0 Å². The van der Waals surface area contributed by atoms with Crippen LogP contribution in [0.25, 0.3) is 10.9 Å². The highest BCUT2D eigenvalue weighted by molar-refractivity contribution is 5.97. The molecule has 0 unspecified atom stereocenters. The van der Waals surface area contributed by atoms with Crippen molar-refractivity contribution < 1.29 is 43.9 Å². The van der Waals surface area contributed by atoms with Gasteiger partial charge in [-0.15, -0.1) is 0 Å². The number of carbonyl (C=O) groups excluding carboxylic acids is 3. The first-order valence-corrected chi connectivity index (χ1v) is 22.4. The second kappa shape index (κ2) is 21.1. The summed E-state index contributed by atoms with van der Waals surface area (Å²) in [5.41, 5.74) is 1.34. The van der Waals surface area contributed by atoms with Gasteiger partial charge in [0, 0.05) is 49.7 Å². The number of pyridine rings is 1. The fourth-order valence-electron chi connectivity index (χ4n) is 8.70. The number of nitrogens with one attached hydrogen (secondary N) is 3. The topological polar surface area (TPSA) is 203 Å². The molecule has 2 aliphatic rings. The number of aliphatic hydroxyl groups is 2. The Balaban J connectivity index is 0.801. The van der Waals surface area contributed by atoms with Crippen molar-refractivity contribution in [1.82, 2.24) is 25.4 Å². The third kappa shape index (κ3) is 11.0. The third-order valence-corrected chi connectivity index (χ3v) is 12.5. The van der Waals surface area contributed by atoms with Crippen molar-refractivity contribution in [3.8, 4) is 17.2 Å². The van der Waals surface area contributed by atoms with E-state index in [4.69, 9.17) is 14.2 Å². The van der Waals surface area contributed by atoms with Crippen molar-refractivity contribution in [2.75, 3.05) is 53.0 Å². The van der Waals surface area contributed by atoms with Crippen molar-refractivity contribution in [3.63, 3.8) is 0 Å². The lowest BCUT2D eigenvalue weighted by molar-refractivity contribution is -0.164. The molecule has 348 valence electrons. The van der Waals surface area contributed by atoms with Crippen molar-refractivity contribution >= 4 is 28.7 Å². The summed E-state index contributed by atoms with van der Waals surface area (Å²) in [4.78, 5) is 58.8. The van der Waals surface area contributed by atoms with Crippen LogP contribution >= 0.6 is 0 Å². The number of phenols is 1. The second-order valence-corrected chi connectivity index (χ2v) is 17.1. The smallest absolute Gasteiger partial charge is 0.347 e. The number of fused-ring (bicyclic) bond motifs is 1. The van der Waals surface area contributed by atoms with Crippen LogP contribution < -0.4 is 25.7 Å². The number of ether oxygens (including phenoxy) is 3. The molecule has 6 aromatic rings. The Morgan fingerprint density at radius 2 is 1.58 bits per heavy atom. The number of aliphatic hydroxyl groups excluding tert-OH is 1. The number of likely N-dealkylation sites (tertiary alicyclic amines) is 2. The highest BCUT2D eigenvalue weighted by atomic mass is 16.6. The molecule has 2 aliphatic heterocycles. The van der Waals surface area contributed by atoms with E-state index in [1.807, 2.05) is 18.2 Å². The molecule has 2 amide bonds. The number of hydrogen-bond donors (Lipinski definition) is 6. The van der Waals surface area contributed by atoms with Crippen LogP contribution in [0.15, 0.2) is 132 Å². The second-order valence-electron chi connectivity index (χ2n) is 17.1. The molecule has 0 saturated carbocycles. The van der Waals surface area contributed by atoms with Crippen LogP contribution in [0.4, 0.5) is 0 Å². The Labute approximate surface area is 387 Å². The number of H-pyrrole nitrogens is 1. The highest BCUT2D eigenvalue weighted by Crippen LogP contribution is 2.34. The number of aromatic nitrogens is 1. The molecule has 2 atom stereocenters. The summed E-state index contributed by atoms with van der Waals surface area (Å²) in [6, 6.07) is 36.3. The number of piperidine rings is 1. The summed E-state index contributed by atoms with van der Waals surface area (Å²) in [5, 5.41) is 39.9. The van der Waals surface area contributed by atoms with E-state index in [2.05, 4.69) is 32.7 Å². The number of esters is 1. The lowest BCUT2D eigenvalue weighted by Gasteiger charge is -2.39. The Kier molecular flexibility index (Phi) is 14.6. The minimum atomic E-state index is -2.13. The van der Waals surface area contributed by atoms with Crippen molar-refractivity contribution in [2.45, 2.75) is 43.7 Å². The standard InChI is InChI=1S/C52H55N5O10/c1-65-46-25-36(27-53-28-45(59)41-17-19-44(58)49-42(41)18-20-47(60)55-49)15-16-43(46)50(62)57-30-39(31-57)54-48(61)33-66-40-14-8-13-38(26-40)52(64,37-11-6-3-7-12-37)51(63)67-32-35-21-23-56(24-22-35)29-34-9-4-2-5-10-34/h2-20,25-26,35,39,45,53,58-59,64H,21-24,27-33H2,1H3,(H,54,61)(H,55,60)/t45-,52-/m0/s1. The van der Waals surface area contributed by atoms with E-state index in [-0.39, 0.29) is 78.9 Å². The van der Waals surface area contributed by atoms with Crippen molar-refractivity contribution in [3.05, 3.63) is 171 Å². The number of aromatic amines is 1.